The van der Waals surface area contributed by atoms with Gasteiger partial charge in [0.05, 0.1) is 18.1 Å². The molecule has 2 heterocycles. The number of hydrogen-bond acceptors (Lipinski definition) is 4. The van der Waals surface area contributed by atoms with Crippen LogP contribution in [0.25, 0.3) is 6.08 Å². The van der Waals surface area contributed by atoms with Gasteiger partial charge in [-0.25, -0.2) is 4.39 Å². The van der Waals surface area contributed by atoms with Crippen molar-refractivity contribution in [3.8, 4) is 0 Å². The molecular weight excluding hydrogens is 423 g/mol. The lowest BCUT2D eigenvalue weighted by atomic mass is 10.2. The van der Waals surface area contributed by atoms with Gasteiger partial charge in [-0.05, 0) is 47.9 Å². The maximum absolute atomic E-state index is 13.6. The number of hydrogen-bond donors (Lipinski definition) is 0. The first-order valence-electron chi connectivity index (χ1n) is 10.1. The van der Waals surface area contributed by atoms with Crippen molar-refractivity contribution in [3.63, 3.8) is 0 Å². The quantitative estimate of drug-likeness (QED) is 0.596. The second kappa shape index (κ2) is 9.96. The Labute approximate surface area is 185 Å². The van der Waals surface area contributed by atoms with E-state index in [2.05, 4.69) is 4.90 Å². The first kappa shape index (κ1) is 21.4. The van der Waals surface area contributed by atoms with E-state index >= 15 is 0 Å². The monoisotopic (exact) mass is 446 g/mol. The van der Waals surface area contributed by atoms with Crippen molar-refractivity contribution < 1.29 is 13.9 Å². The Kier molecular flexibility index (Phi) is 7.10. The lowest BCUT2D eigenvalue weighted by Gasteiger charge is -2.28. The number of rotatable bonds is 6. The lowest BCUT2D eigenvalue weighted by molar-refractivity contribution is -0.126. The van der Waals surface area contributed by atoms with Crippen molar-refractivity contribution in [1.29, 1.82) is 0 Å². The smallest absolute Gasteiger partial charge is 0.261 e. The third-order valence-corrected chi connectivity index (χ3v) is 6.78. The first-order chi connectivity index (χ1) is 14.6. The van der Waals surface area contributed by atoms with Crippen molar-refractivity contribution in [3.05, 3.63) is 75.4 Å². The van der Waals surface area contributed by atoms with E-state index in [1.54, 1.807) is 18.2 Å². The van der Waals surface area contributed by atoms with Crippen molar-refractivity contribution in [2.75, 3.05) is 39.4 Å². The normalized spacial score (nSPS) is 21.5. The molecule has 0 N–H and O–H groups in total. The Bertz CT molecular complexity index is 933. The highest BCUT2D eigenvalue weighted by Gasteiger charge is 2.36. The number of amides is 1. The van der Waals surface area contributed by atoms with Gasteiger partial charge in [-0.15, -0.1) is 0 Å². The predicted octanol–water partition coefficient (Wildman–Crippen LogP) is 4.82. The minimum Gasteiger partial charge on any atom is -0.379 e. The number of thioether (sulfide) groups is 1. The number of halogens is 2. The van der Waals surface area contributed by atoms with Crippen LogP contribution < -0.4 is 0 Å². The molecule has 1 atom stereocenters. The maximum atomic E-state index is 13.6. The molecule has 2 saturated heterocycles. The summed E-state index contributed by atoms with van der Waals surface area (Å²) < 4.78 is 19.0. The van der Waals surface area contributed by atoms with E-state index in [4.69, 9.17) is 16.3 Å². The van der Waals surface area contributed by atoms with Crippen LogP contribution in [0.1, 0.15) is 22.9 Å². The molecule has 7 heteroatoms. The van der Waals surface area contributed by atoms with Gasteiger partial charge in [-0.3, -0.25) is 9.69 Å². The average molecular weight is 447 g/mol. The van der Waals surface area contributed by atoms with Crippen LogP contribution in [0, 0.1) is 5.82 Å². The van der Waals surface area contributed by atoms with E-state index < -0.39 is 0 Å². The van der Waals surface area contributed by atoms with Crippen LogP contribution in [0.4, 0.5) is 4.39 Å². The molecule has 0 aromatic heterocycles. The SMILES string of the molecule is O=C1C(=Cc2cccc(F)c2)SC(c2cccc(Cl)c2)N1CCCN1CCOCC1. The number of nitrogens with zero attached hydrogens (tertiary/aromatic N) is 2. The van der Waals surface area contributed by atoms with E-state index in [9.17, 15) is 9.18 Å². The van der Waals surface area contributed by atoms with E-state index in [1.807, 2.05) is 29.2 Å². The fourth-order valence-corrected chi connectivity index (χ4v) is 5.21. The summed E-state index contributed by atoms with van der Waals surface area (Å²) in [5.74, 6) is -0.329. The summed E-state index contributed by atoms with van der Waals surface area (Å²) in [5, 5.41) is 0.511. The second-order valence-corrected chi connectivity index (χ2v) is 8.95. The molecule has 0 bridgehead atoms. The summed E-state index contributed by atoms with van der Waals surface area (Å²) in [6.45, 7) is 4.99. The third-order valence-electron chi connectivity index (χ3n) is 5.25. The molecule has 2 aliphatic heterocycles. The van der Waals surface area contributed by atoms with E-state index in [0.29, 0.717) is 22.0 Å². The maximum Gasteiger partial charge on any atom is 0.261 e. The second-order valence-electron chi connectivity index (χ2n) is 7.39. The largest absolute Gasteiger partial charge is 0.379 e. The summed E-state index contributed by atoms with van der Waals surface area (Å²) in [4.78, 5) is 18.1. The van der Waals surface area contributed by atoms with Gasteiger partial charge in [0.2, 0.25) is 0 Å². The molecular formula is C23H24ClFN2O2S. The van der Waals surface area contributed by atoms with Crippen LogP contribution in [0.3, 0.4) is 0 Å². The molecule has 2 aromatic rings. The van der Waals surface area contributed by atoms with E-state index in [1.165, 1.54) is 23.9 Å². The molecule has 0 radical (unpaired) electrons. The molecule has 2 aromatic carbocycles. The Morgan fingerprint density at radius 3 is 2.70 bits per heavy atom. The van der Waals surface area contributed by atoms with Crippen LogP contribution in [0.2, 0.25) is 5.02 Å². The molecule has 2 fully saturated rings. The van der Waals surface area contributed by atoms with Gasteiger partial charge in [0.15, 0.2) is 0 Å². The van der Waals surface area contributed by atoms with Gasteiger partial charge in [0, 0.05) is 31.2 Å². The molecule has 158 valence electrons. The number of carbonyl (C=O) groups excluding carboxylic acids is 1. The molecule has 0 saturated carbocycles. The number of carbonyl (C=O) groups is 1. The summed E-state index contributed by atoms with van der Waals surface area (Å²) in [6.07, 6.45) is 2.66. The highest BCUT2D eigenvalue weighted by Crippen LogP contribution is 2.46. The standard InChI is InChI=1S/C23H24ClFN2O2S/c24-19-6-2-5-18(16-19)23-27(9-3-8-26-10-12-29-13-11-26)22(28)21(30-23)15-17-4-1-7-20(25)14-17/h1-2,4-7,14-16,23H,3,8-13H2. The van der Waals surface area contributed by atoms with Crippen LogP contribution >= 0.6 is 23.4 Å². The molecule has 4 nitrogen and oxygen atoms in total. The Balaban J connectivity index is 1.53. The minimum absolute atomic E-state index is 0.0174. The number of ether oxygens (including phenoxy) is 1. The molecule has 0 aliphatic carbocycles. The summed E-state index contributed by atoms with van der Waals surface area (Å²) in [6, 6.07) is 13.9. The predicted molar refractivity (Wildman–Crippen MR) is 120 cm³/mol. The fraction of sp³-hybridized carbons (Fsp3) is 0.348. The van der Waals surface area contributed by atoms with Crippen LogP contribution in [-0.2, 0) is 9.53 Å². The van der Waals surface area contributed by atoms with Crippen LogP contribution in [0.5, 0.6) is 0 Å². The summed E-state index contributed by atoms with van der Waals surface area (Å²) in [7, 11) is 0. The Morgan fingerprint density at radius 2 is 1.93 bits per heavy atom. The number of morpholine rings is 1. The van der Waals surface area contributed by atoms with Gasteiger partial charge in [0.1, 0.15) is 11.2 Å². The lowest BCUT2D eigenvalue weighted by Crippen LogP contribution is -2.38. The highest BCUT2D eigenvalue weighted by molar-refractivity contribution is 8.04. The molecule has 1 unspecified atom stereocenters. The van der Waals surface area contributed by atoms with Gasteiger partial charge >= 0.3 is 0 Å². The third kappa shape index (κ3) is 5.24. The Morgan fingerprint density at radius 1 is 1.13 bits per heavy atom. The fourth-order valence-electron chi connectivity index (χ4n) is 3.74. The summed E-state index contributed by atoms with van der Waals surface area (Å²) >= 11 is 7.71. The van der Waals surface area contributed by atoms with E-state index in [0.717, 1.165) is 44.8 Å². The zero-order valence-electron chi connectivity index (χ0n) is 16.6. The number of benzene rings is 2. The summed E-state index contributed by atoms with van der Waals surface area (Å²) in [5.41, 5.74) is 1.68. The molecule has 30 heavy (non-hydrogen) atoms. The van der Waals surface area contributed by atoms with Crippen molar-refractivity contribution in [2.24, 2.45) is 0 Å². The average Bonchev–Trinajstić information content (AvgIpc) is 3.04. The highest BCUT2D eigenvalue weighted by atomic mass is 35.5. The van der Waals surface area contributed by atoms with Crippen molar-refractivity contribution in [2.45, 2.75) is 11.8 Å². The first-order valence-corrected chi connectivity index (χ1v) is 11.4. The van der Waals surface area contributed by atoms with Crippen molar-refractivity contribution in [1.82, 2.24) is 9.80 Å². The van der Waals surface area contributed by atoms with Crippen LogP contribution in [-0.4, -0.2) is 55.1 Å². The minimum atomic E-state index is -0.312. The van der Waals surface area contributed by atoms with Gasteiger partial charge in [-0.1, -0.05) is 47.6 Å². The van der Waals surface area contributed by atoms with Gasteiger partial charge in [-0.2, -0.15) is 0 Å². The zero-order valence-corrected chi connectivity index (χ0v) is 18.2. The molecule has 1 amide bonds. The Hall–Kier alpha value is -1.86. The molecule has 2 aliphatic rings. The molecule has 0 spiro atoms. The topological polar surface area (TPSA) is 32.8 Å². The van der Waals surface area contributed by atoms with E-state index in [-0.39, 0.29) is 17.1 Å². The zero-order chi connectivity index (χ0) is 20.9. The van der Waals surface area contributed by atoms with Gasteiger partial charge < -0.3 is 9.64 Å². The van der Waals surface area contributed by atoms with Crippen LogP contribution in [0.15, 0.2) is 53.4 Å². The van der Waals surface area contributed by atoms with Gasteiger partial charge in [0.25, 0.3) is 5.91 Å². The molecule has 4 rings (SSSR count). The van der Waals surface area contributed by atoms with Crippen molar-refractivity contribution >= 4 is 35.3 Å².